The van der Waals surface area contributed by atoms with E-state index in [4.69, 9.17) is 0 Å². The summed E-state index contributed by atoms with van der Waals surface area (Å²) in [4.78, 5) is 12.6. The summed E-state index contributed by atoms with van der Waals surface area (Å²) in [6.45, 7) is 5.12. The molecule has 1 N–H and O–H groups in total. The van der Waals surface area contributed by atoms with Crippen LogP contribution in [-0.2, 0) is 14.8 Å². The van der Waals surface area contributed by atoms with Gasteiger partial charge in [0, 0.05) is 5.69 Å². The minimum absolute atomic E-state index is 0.158. The molecule has 2 rings (SSSR count). The van der Waals surface area contributed by atoms with Gasteiger partial charge in [0.15, 0.2) is 0 Å². The Morgan fingerprint density at radius 2 is 1.64 bits per heavy atom. The summed E-state index contributed by atoms with van der Waals surface area (Å²) in [5.41, 5.74) is 2.19. The lowest BCUT2D eigenvalue weighted by Gasteiger charge is -2.28. The SMILES string of the molecule is Cc1cccc(C)c1NC(=O)[C@@H](C)N(c1ccccc1F)S(C)(=O)=O. The summed E-state index contributed by atoms with van der Waals surface area (Å²) in [5, 5.41) is 2.75. The van der Waals surface area contributed by atoms with E-state index < -0.39 is 27.8 Å². The van der Waals surface area contributed by atoms with Gasteiger partial charge in [-0.25, -0.2) is 12.8 Å². The van der Waals surface area contributed by atoms with E-state index in [1.54, 1.807) is 0 Å². The molecule has 0 heterocycles. The normalized spacial score (nSPS) is 12.5. The highest BCUT2D eigenvalue weighted by molar-refractivity contribution is 7.92. The fraction of sp³-hybridized carbons (Fsp3) is 0.278. The standard InChI is InChI=1S/C18H21FN2O3S/c1-12-8-7-9-13(2)17(12)20-18(22)14(3)21(25(4,23)24)16-11-6-5-10-15(16)19/h5-11,14H,1-4H3,(H,20,22)/t14-/m1/s1. The molecule has 2 aromatic carbocycles. The van der Waals surface area contributed by atoms with E-state index in [-0.39, 0.29) is 5.69 Å². The van der Waals surface area contributed by atoms with Crippen molar-refractivity contribution in [2.24, 2.45) is 0 Å². The Hall–Kier alpha value is -2.41. The van der Waals surface area contributed by atoms with Crippen LogP contribution in [-0.4, -0.2) is 26.6 Å². The Bertz CT molecular complexity index is 877. The van der Waals surface area contributed by atoms with E-state index in [0.29, 0.717) is 5.69 Å². The quantitative estimate of drug-likeness (QED) is 0.886. The maximum Gasteiger partial charge on any atom is 0.248 e. The van der Waals surface area contributed by atoms with Crippen LogP contribution >= 0.6 is 0 Å². The zero-order valence-electron chi connectivity index (χ0n) is 14.6. The summed E-state index contributed by atoms with van der Waals surface area (Å²) < 4.78 is 39.3. The molecule has 0 aliphatic carbocycles. The van der Waals surface area contributed by atoms with Gasteiger partial charge in [-0.05, 0) is 44.0 Å². The molecule has 2 aromatic rings. The number of sulfonamides is 1. The molecular weight excluding hydrogens is 343 g/mol. The Morgan fingerprint density at radius 3 is 2.16 bits per heavy atom. The molecule has 0 saturated carbocycles. The van der Waals surface area contributed by atoms with Gasteiger partial charge >= 0.3 is 0 Å². The maximum absolute atomic E-state index is 14.1. The second-order valence-electron chi connectivity index (χ2n) is 5.94. The molecule has 0 aliphatic heterocycles. The van der Waals surface area contributed by atoms with E-state index in [2.05, 4.69) is 5.32 Å². The minimum atomic E-state index is -3.86. The van der Waals surface area contributed by atoms with Crippen molar-refractivity contribution in [2.75, 3.05) is 15.9 Å². The monoisotopic (exact) mass is 364 g/mol. The zero-order chi connectivity index (χ0) is 18.8. The van der Waals surface area contributed by atoms with Gasteiger partial charge in [0.1, 0.15) is 11.9 Å². The molecular formula is C18H21FN2O3S. The number of benzene rings is 2. The number of hydrogen-bond acceptors (Lipinski definition) is 3. The third kappa shape index (κ3) is 4.17. The fourth-order valence-electron chi connectivity index (χ4n) is 2.65. The van der Waals surface area contributed by atoms with E-state index in [0.717, 1.165) is 27.8 Å². The highest BCUT2D eigenvalue weighted by atomic mass is 32.2. The molecule has 0 fully saturated rings. The second kappa shape index (κ2) is 7.23. The number of nitrogens with one attached hydrogen (secondary N) is 1. The number of nitrogens with zero attached hydrogens (tertiary/aromatic N) is 1. The average Bonchev–Trinajstić information content (AvgIpc) is 2.51. The molecule has 1 atom stereocenters. The van der Waals surface area contributed by atoms with Gasteiger partial charge in [-0.1, -0.05) is 30.3 Å². The van der Waals surface area contributed by atoms with E-state index >= 15 is 0 Å². The van der Waals surface area contributed by atoms with Crippen LogP contribution in [0.2, 0.25) is 0 Å². The van der Waals surface area contributed by atoms with Crippen LogP contribution in [0.4, 0.5) is 15.8 Å². The second-order valence-corrected chi connectivity index (χ2v) is 7.80. The number of hydrogen-bond donors (Lipinski definition) is 1. The Morgan fingerprint density at radius 1 is 1.08 bits per heavy atom. The summed E-state index contributed by atoms with van der Waals surface area (Å²) >= 11 is 0. The lowest BCUT2D eigenvalue weighted by molar-refractivity contribution is -0.116. The van der Waals surface area contributed by atoms with Crippen molar-refractivity contribution in [3.05, 3.63) is 59.4 Å². The van der Waals surface area contributed by atoms with Crippen LogP contribution in [0.1, 0.15) is 18.1 Å². The molecule has 0 aliphatic rings. The third-order valence-electron chi connectivity index (χ3n) is 3.91. The minimum Gasteiger partial charge on any atom is -0.324 e. The first kappa shape index (κ1) is 18.9. The van der Waals surface area contributed by atoms with Crippen LogP contribution in [0.3, 0.4) is 0 Å². The first-order valence-electron chi connectivity index (χ1n) is 7.74. The van der Waals surface area contributed by atoms with Gasteiger partial charge in [0.05, 0.1) is 11.9 Å². The van der Waals surface area contributed by atoms with Crippen molar-refractivity contribution in [1.29, 1.82) is 0 Å². The largest absolute Gasteiger partial charge is 0.324 e. The Labute approximate surface area is 147 Å². The molecule has 0 aromatic heterocycles. The first-order valence-corrected chi connectivity index (χ1v) is 9.58. The summed E-state index contributed by atoms with van der Waals surface area (Å²) in [6, 6.07) is 9.91. The lowest BCUT2D eigenvalue weighted by atomic mass is 10.1. The topological polar surface area (TPSA) is 66.5 Å². The van der Waals surface area contributed by atoms with Gasteiger partial charge in [0.2, 0.25) is 15.9 Å². The third-order valence-corrected chi connectivity index (χ3v) is 5.14. The Balaban J connectivity index is 2.39. The molecule has 0 spiro atoms. The smallest absolute Gasteiger partial charge is 0.248 e. The van der Waals surface area contributed by atoms with Crippen LogP contribution in [0.15, 0.2) is 42.5 Å². The van der Waals surface area contributed by atoms with Gasteiger partial charge < -0.3 is 5.32 Å². The molecule has 0 saturated heterocycles. The van der Waals surface area contributed by atoms with Gasteiger partial charge in [0.25, 0.3) is 0 Å². The van der Waals surface area contributed by atoms with Crippen LogP contribution in [0.5, 0.6) is 0 Å². The van der Waals surface area contributed by atoms with Gasteiger partial charge in [-0.3, -0.25) is 9.10 Å². The van der Waals surface area contributed by atoms with Crippen LogP contribution < -0.4 is 9.62 Å². The molecule has 25 heavy (non-hydrogen) atoms. The lowest BCUT2D eigenvalue weighted by Crippen LogP contribution is -2.45. The van der Waals surface area contributed by atoms with Crippen molar-refractivity contribution in [2.45, 2.75) is 26.8 Å². The van der Waals surface area contributed by atoms with Gasteiger partial charge in [-0.2, -0.15) is 0 Å². The number of amides is 1. The van der Waals surface area contributed by atoms with Crippen molar-refractivity contribution in [3.8, 4) is 0 Å². The predicted molar refractivity (Wildman–Crippen MR) is 97.7 cm³/mol. The fourth-order valence-corrected chi connectivity index (χ4v) is 3.83. The molecule has 0 unspecified atom stereocenters. The van der Waals surface area contributed by atoms with Crippen molar-refractivity contribution >= 4 is 27.3 Å². The molecule has 0 radical (unpaired) electrons. The summed E-state index contributed by atoms with van der Waals surface area (Å²) in [5.74, 6) is -1.24. The molecule has 1 amide bonds. The predicted octanol–water partition coefficient (Wildman–Crippen LogP) is 3.24. The van der Waals surface area contributed by atoms with E-state index in [1.165, 1.54) is 25.1 Å². The van der Waals surface area contributed by atoms with Gasteiger partial charge in [-0.15, -0.1) is 0 Å². The number of aryl methyl sites for hydroxylation is 2. The molecule has 0 bridgehead atoms. The molecule has 7 heteroatoms. The van der Waals surface area contributed by atoms with Crippen molar-refractivity contribution < 1.29 is 17.6 Å². The number of anilines is 2. The first-order chi connectivity index (χ1) is 11.6. The Kier molecular flexibility index (Phi) is 5.47. The van der Waals surface area contributed by atoms with Crippen LogP contribution in [0.25, 0.3) is 0 Å². The number of carbonyl (C=O) groups excluding carboxylic acids is 1. The molecule has 134 valence electrons. The zero-order valence-corrected chi connectivity index (χ0v) is 15.4. The number of carbonyl (C=O) groups is 1. The summed E-state index contributed by atoms with van der Waals surface area (Å²) in [7, 11) is -3.86. The molecule has 5 nitrogen and oxygen atoms in total. The number of para-hydroxylation sites is 2. The van der Waals surface area contributed by atoms with E-state index in [1.807, 2.05) is 32.0 Å². The number of halogens is 1. The number of rotatable bonds is 5. The summed E-state index contributed by atoms with van der Waals surface area (Å²) in [6.07, 6.45) is 0.947. The van der Waals surface area contributed by atoms with E-state index in [9.17, 15) is 17.6 Å². The maximum atomic E-state index is 14.1. The van der Waals surface area contributed by atoms with Crippen molar-refractivity contribution in [1.82, 2.24) is 0 Å². The average molecular weight is 364 g/mol. The van der Waals surface area contributed by atoms with Crippen LogP contribution in [0, 0.1) is 19.7 Å². The highest BCUT2D eigenvalue weighted by Crippen LogP contribution is 2.25. The van der Waals surface area contributed by atoms with Crippen molar-refractivity contribution in [3.63, 3.8) is 0 Å². The highest BCUT2D eigenvalue weighted by Gasteiger charge is 2.31.